The maximum atomic E-state index is 12.0. The van der Waals surface area contributed by atoms with E-state index in [0.717, 1.165) is 150 Å². The van der Waals surface area contributed by atoms with Crippen LogP contribution < -0.4 is 36.0 Å². The van der Waals surface area contributed by atoms with Crippen LogP contribution in [0.2, 0.25) is 0 Å². The van der Waals surface area contributed by atoms with Gasteiger partial charge in [0, 0.05) is 112 Å². The van der Waals surface area contributed by atoms with Crippen LogP contribution in [-0.2, 0) is 10.8 Å². The minimum Gasteiger partial charge on any atom is -0.310 e. The van der Waals surface area contributed by atoms with Gasteiger partial charge in [-0.3, -0.25) is 0 Å². The molecule has 0 aliphatic carbocycles. The van der Waals surface area contributed by atoms with E-state index >= 15 is 0 Å². The van der Waals surface area contributed by atoms with Gasteiger partial charge in [0.25, 0.3) is 6.71 Å². The maximum absolute atomic E-state index is 12.0. The quantitative estimate of drug-likeness (QED) is 0.101. The molecule has 0 unspecified atom stereocenters. The van der Waals surface area contributed by atoms with Gasteiger partial charge in [-0.05, 0) is 231 Å². The van der Waals surface area contributed by atoms with E-state index in [0.29, 0.717) is 39.1 Å². The third-order valence-corrected chi connectivity index (χ3v) is 23.8. The topological polar surface area (TPSA) is 22.8 Å². The predicted molar refractivity (Wildman–Crippen MR) is 502 cm³/mol. The van der Waals surface area contributed by atoms with Crippen LogP contribution in [0.15, 0.2) is 400 Å². The molecule has 17 aromatic carbocycles. The summed E-state index contributed by atoms with van der Waals surface area (Å²) in [7, 11) is 0. The van der Waals surface area contributed by atoms with Gasteiger partial charge in [0.15, 0.2) is 0 Å². The number of para-hydroxylation sites is 6. The second-order valence-corrected chi connectivity index (χ2v) is 33.2. The lowest BCUT2D eigenvalue weighted by atomic mass is 9.33. The Morgan fingerprint density at radius 3 is 0.881 bits per heavy atom. The molecule has 21 rings (SSSR count). The number of nitrogens with zero attached hydrogens (tertiary/aromatic N) is 6. The van der Waals surface area contributed by atoms with Crippen molar-refractivity contribution >= 4 is 135 Å². The Bertz CT molecular complexity index is 6820. The molecule has 0 amide bonds. The van der Waals surface area contributed by atoms with Gasteiger partial charge in [-0.2, -0.15) is 0 Å². The summed E-state index contributed by atoms with van der Waals surface area (Å²) in [4.78, 5) is 9.01. The summed E-state index contributed by atoms with van der Waals surface area (Å²) in [6, 6.07) is 126. The molecule has 0 bridgehead atoms. The first-order valence-corrected chi connectivity index (χ1v) is 40.8. The molecule has 0 spiro atoms. The molecule has 2 aromatic heterocycles. The van der Waals surface area contributed by atoms with E-state index in [2.05, 4.69) is 359 Å². The molecule has 0 fully saturated rings. The predicted octanol–water partition coefficient (Wildman–Crippen LogP) is 28.5. The summed E-state index contributed by atoms with van der Waals surface area (Å²) >= 11 is 0. The Kier molecular flexibility index (Phi) is 15.7. The number of anilines is 12. The van der Waals surface area contributed by atoms with E-state index in [1.165, 1.54) is 0 Å². The number of aryl methyl sites for hydroxylation is 1. The minimum absolute atomic E-state index is 0.0212. The summed E-state index contributed by atoms with van der Waals surface area (Å²) < 4.78 is 73.8. The molecular formula is C111H87BN6. The summed E-state index contributed by atoms with van der Waals surface area (Å²) in [5.41, 5.74) is 23.4. The SMILES string of the molecule is [2H]c1c([2H])c(-n2c3ccccc3c3cc(N(c4ccccc4)c4ccccc4)ccc32)c([2H])c2c1B1c3c(cc(C)cc3N(c3c(-c4ccccc4)cc(C(C)(C)C)cc3-c3ccccc3)c3c([2H])c(-n4c5ccccc5c5cc(N(c6ccccc6)c6ccccc6)ccc54)c([2H])c([2H])c31)N2c1c(-c2ccccc2)cc(C(C)(C)C)cc1-c1ccccc1. The normalized spacial score (nSPS) is 13.2. The molecule has 564 valence electrons. The van der Waals surface area contributed by atoms with E-state index in [4.69, 9.17) is 0 Å². The van der Waals surface area contributed by atoms with Gasteiger partial charge < -0.3 is 28.7 Å². The number of hydrogen-bond acceptors (Lipinski definition) is 4. The lowest BCUT2D eigenvalue weighted by molar-refractivity contribution is 0.590. The van der Waals surface area contributed by atoms with Crippen molar-refractivity contribution in [2.24, 2.45) is 0 Å². The average molecular weight is 1520 g/mol. The van der Waals surface area contributed by atoms with Gasteiger partial charge >= 0.3 is 0 Å². The average Bonchev–Trinajstić information content (AvgIpc) is 0.854. The standard InChI is InChI=1S/C111H87BN6/c1-74-64-105-107-106(65-74)118(109-93(77-40-20-10-21-41-77)68-80(111(5,6)7)69-94(109)78-42-22-11-23-43-78)104-73-88(116-100-55-35-33-53-90(100)96-71-86(59-63-102(96)116)114(83-48-28-14-29-49-83)84-50-30-15-31-51-84)57-61-98(104)112(107)97-60-56-87(72-103(97)117(105)108-91(75-36-16-8-17-37-75)66-79(110(2,3)4)67-92(108)76-38-18-9-19-39-76)115-99-54-34-32-52-89(99)95-70-85(58-62-101(95)115)113(81-44-24-12-25-45-81)82-46-26-13-27-47-82/h8-73H,1-7H3/i56D,57D,60D,61D,72D,73D. The van der Waals surface area contributed by atoms with Crippen LogP contribution in [0.4, 0.5) is 68.2 Å². The molecule has 0 atom stereocenters. The Morgan fingerprint density at radius 1 is 0.280 bits per heavy atom. The molecular weight excluding hydrogens is 1430 g/mol. The lowest BCUT2D eigenvalue weighted by Crippen LogP contribution is -2.61. The molecule has 2 aliphatic rings. The number of benzene rings is 17. The van der Waals surface area contributed by atoms with Crippen LogP contribution in [-0.4, -0.2) is 15.8 Å². The first-order chi connectivity index (χ1) is 60.3. The first kappa shape index (κ1) is 64.9. The van der Waals surface area contributed by atoms with Crippen molar-refractivity contribution in [2.45, 2.75) is 59.3 Å². The maximum Gasteiger partial charge on any atom is 0.252 e. The molecule has 2 aliphatic heterocycles. The van der Waals surface area contributed by atoms with Crippen molar-refractivity contribution in [1.29, 1.82) is 0 Å². The minimum atomic E-state index is -1.17. The van der Waals surface area contributed by atoms with Crippen LogP contribution in [0, 0.1) is 6.92 Å². The Morgan fingerprint density at radius 2 is 0.568 bits per heavy atom. The zero-order chi connectivity index (χ0) is 84.7. The van der Waals surface area contributed by atoms with Crippen molar-refractivity contribution in [3.05, 3.63) is 417 Å². The van der Waals surface area contributed by atoms with Crippen molar-refractivity contribution < 1.29 is 8.22 Å². The highest BCUT2D eigenvalue weighted by molar-refractivity contribution is 7.00. The van der Waals surface area contributed by atoms with Crippen molar-refractivity contribution in [1.82, 2.24) is 9.13 Å². The van der Waals surface area contributed by atoms with E-state index in [-0.39, 0.29) is 58.5 Å². The first-order valence-electron chi connectivity index (χ1n) is 43.8. The van der Waals surface area contributed by atoms with Crippen LogP contribution in [0.3, 0.4) is 0 Å². The highest BCUT2D eigenvalue weighted by atomic mass is 15.2. The molecule has 0 N–H and O–H groups in total. The zero-order valence-corrected chi connectivity index (χ0v) is 66.9. The second kappa shape index (κ2) is 28.6. The van der Waals surface area contributed by atoms with Crippen LogP contribution in [0.1, 0.15) is 66.5 Å². The fourth-order valence-electron chi connectivity index (χ4n) is 18.2. The van der Waals surface area contributed by atoms with Crippen molar-refractivity contribution in [2.75, 3.05) is 19.6 Å². The molecule has 7 heteroatoms. The van der Waals surface area contributed by atoms with Gasteiger partial charge in [-0.1, -0.05) is 284 Å². The van der Waals surface area contributed by atoms with E-state index in [9.17, 15) is 8.22 Å². The largest absolute Gasteiger partial charge is 0.310 e. The molecule has 4 heterocycles. The van der Waals surface area contributed by atoms with E-state index in [1.807, 2.05) is 81.9 Å². The van der Waals surface area contributed by atoms with Gasteiger partial charge in [-0.25, -0.2) is 0 Å². The van der Waals surface area contributed by atoms with E-state index < -0.39 is 6.71 Å². The number of aromatic nitrogens is 2. The summed E-state index contributed by atoms with van der Waals surface area (Å²) in [6.45, 7) is 14.4. The fraction of sp³-hybridized carbons (Fsp3) is 0.0811. The highest BCUT2D eigenvalue weighted by Gasteiger charge is 2.46. The van der Waals surface area contributed by atoms with Crippen molar-refractivity contribution in [3.8, 4) is 55.9 Å². The van der Waals surface area contributed by atoms with Gasteiger partial charge in [0.1, 0.15) is 0 Å². The van der Waals surface area contributed by atoms with Gasteiger partial charge in [-0.15, -0.1) is 0 Å². The third-order valence-electron chi connectivity index (χ3n) is 23.8. The smallest absolute Gasteiger partial charge is 0.252 e. The van der Waals surface area contributed by atoms with Crippen LogP contribution in [0.25, 0.3) is 99.5 Å². The third kappa shape index (κ3) is 12.1. The summed E-state index contributed by atoms with van der Waals surface area (Å²) in [6.07, 6.45) is 0. The van der Waals surface area contributed by atoms with Crippen LogP contribution in [0.5, 0.6) is 0 Å². The summed E-state index contributed by atoms with van der Waals surface area (Å²) in [5.74, 6) is 0. The molecule has 118 heavy (non-hydrogen) atoms. The van der Waals surface area contributed by atoms with Gasteiger partial charge in [0.2, 0.25) is 0 Å². The molecule has 0 saturated carbocycles. The van der Waals surface area contributed by atoms with E-state index in [1.54, 1.807) is 0 Å². The van der Waals surface area contributed by atoms with Crippen molar-refractivity contribution in [3.63, 3.8) is 0 Å². The monoisotopic (exact) mass is 1520 g/mol. The van der Waals surface area contributed by atoms with Crippen LogP contribution >= 0.6 is 0 Å². The second-order valence-electron chi connectivity index (χ2n) is 33.2. The fourth-order valence-corrected chi connectivity index (χ4v) is 18.2. The lowest BCUT2D eigenvalue weighted by Gasteiger charge is -2.46. The molecule has 0 radical (unpaired) electrons. The Labute approximate surface area is 699 Å². The Balaban J connectivity index is 0.926. The zero-order valence-electron chi connectivity index (χ0n) is 72.9. The molecule has 6 nitrogen and oxygen atoms in total. The molecule has 19 aromatic rings. The highest BCUT2D eigenvalue weighted by Crippen LogP contribution is 2.56. The molecule has 0 saturated heterocycles. The Hall–Kier alpha value is -14.4. The number of hydrogen-bond donors (Lipinski definition) is 0. The number of rotatable bonds is 14. The number of fused-ring (bicyclic) bond motifs is 10. The van der Waals surface area contributed by atoms with Gasteiger partial charge in [0.05, 0.1) is 41.7 Å². The summed E-state index contributed by atoms with van der Waals surface area (Å²) in [5, 5.41) is 3.57.